The summed E-state index contributed by atoms with van der Waals surface area (Å²) in [7, 11) is 0. The molecule has 2 rings (SSSR count). The Kier molecular flexibility index (Phi) is 3.64. The number of rotatable bonds is 5. The van der Waals surface area contributed by atoms with Crippen LogP contribution in [0.2, 0.25) is 0 Å². The second kappa shape index (κ2) is 5.00. The van der Waals surface area contributed by atoms with Crippen molar-refractivity contribution in [2.45, 2.75) is 39.2 Å². The lowest BCUT2D eigenvalue weighted by Gasteiger charge is -2.23. The molecule has 1 aromatic heterocycles. The van der Waals surface area contributed by atoms with Crippen LogP contribution in [0.5, 0.6) is 0 Å². The van der Waals surface area contributed by atoms with Crippen molar-refractivity contribution in [2.24, 2.45) is 0 Å². The second-order valence-corrected chi connectivity index (χ2v) is 4.61. The van der Waals surface area contributed by atoms with Gasteiger partial charge in [-0.2, -0.15) is 0 Å². The summed E-state index contributed by atoms with van der Waals surface area (Å²) in [6, 6.07) is 2.75. The highest BCUT2D eigenvalue weighted by Gasteiger charge is 2.29. The Morgan fingerprint density at radius 2 is 2.19 bits per heavy atom. The highest BCUT2D eigenvalue weighted by Crippen LogP contribution is 2.30. The maximum Gasteiger partial charge on any atom is 0.132 e. The Morgan fingerprint density at radius 1 is 1.44 bits per heavy atom. The summed E-state index contributed by atoms with van der Waals surface area (Å²) in [6.07, 6.45) is 3.48. The normalized spacial score (nSPS) is 15.2. The van der Waals surface area contributed by atoms with Gasteiger partial charge in [-0.05, 0) is 26.2 Å². The summed E-state index contributed by atoms with van der Waals surface area (Å²) < 4.78 is 0. The molecule has 0 atom stereocenters. The molecule has 16 heavy (non-hydrogen) atoms. The molecule has 1 aliphatic rings. The Balaban J connectivity index is 2.25. The van der Waals surface area contributed by atoms with Gasteiger partial charge in [-0.1, -0.05) is 6.92 Å². The molecule has 1 aliphatic carbocycles. The van der Waals surface area contributed by atoms with E-state index in [1.165, 1.54) is 12.8 Å². The van der Waals surface area contributed by atoms with Gasteiger partial charge in [0, 0.05) is 30.2 Å². The zero-order valence-corrected chi connectivity index (χ0v) is 10.7. The maximum absolute atomic E-state index is 5.85. The van der Waals surface area contributed by atoms with Crippen LogP contribution < -0.4 is 4.90 Å². The van der Waals surface area contributed by atoms with Crippen LogP contribution in [0.25, 0.3) is 0 Å². The molecular weight excluding hydrogens is 222 g/mol. The van der Waals surface area contributed by atoms with Crippen molar-refractivity contribution in [1.82, 2.24) is 9.97 Å². The van der Waals surface area contributed by atoms with E-state index in [1.807, 2.05) is 6.92 Å². The summed E-state index contributed by atoms with van der Waals surface area (Å²) in [4.78, 5) is 11.2. The van der Waals surface area contributed by atoms with Crippen LogP contribution in [0.3, 0.4) is 0 Å². The first kappa shape index (κ1) is 11.6. The Hall–Kier alpha value is -0.830. The summed E-state index contributed by atoms with van der Waals surface area (Å²) in [5.41, 5.74) is 1.11. The number of alkyl halides is 1. The minimum absolute atomic E-state index is 0.651. The molecule has 0 N–H and O–H groups in total. The van der Waals surface area contributed by atoms with E-state index >= 15 is 0 Å². The molecule has 1 heterocycles. The van der Waals surface area contributed by atoms with Crippen LogP contribution in [0.1, 0.15) is 31.3 Å². The molecule has 3 nitrogen and oxygen atoms in total. The summed E-state index contributed by atoms with van der Waals surface area (Å²) in [6.45, 7) is 4.95. The molecule has 0 aromatic carbocycles. The molecule has 0 saturated heterocycles. The predicted molar refractivity (Wildman–Crippen MR) is 67.2 cm³/mol. The van der Waals surface area contributed by atoms with Gasteiger partial charge in [0.05, 0.1) is 0 Å². The number of anilines is 1. The molecule has 0 radical (unpaired) electrons. The second-order valence-electron chi connectivity index (χ2n) is 4.23. The summed E-state index contributed by atoms with van der Waals surface area (Å²) in [5.74, 6) is 2.56. The van der Waals surface area contributed by atoms with Crippen LogP contribution in [-0.4, -0.2) is 28.4 Å². The van der Waals surface area contributed by atoms with Crippen LogP contribution in [-0.2, 0) is 6.42 Å². The maximum atomic E-state index is 5.85. The van der Waals surface area contributed by atoms with Crippen LogP contribution in [0.4, 0.5) is 5.82 Å². The molecule has 0 aliphatic heterocycles. The molecular formula is C12H18ClN3. The lowest BCUT2D eigenvalue weighted by atomic mass is 10.3. The Bertz CT molecular complexity index is 363. The molecule has 1 saturated carbocycles. The Labute approximate surface area is 102 Å². The fourth-order valence-corrected chi connectivity index (χ4v) is 2.08. The van der Waals surface area contributed by atoms with E-state index in [2.05, 4.69) is 27.9 Å². The van der Waals surface area contributed by atoms with Gasteiger partial charge in [0.1, 0.15) is 11.6 Å². The van der Waals surface area contributed by atoms with Crippen molar-refractivity contribution in [1.29, 1.82) is 0 Å². The average molecular weight is 240 g/mol. The lowest BCUT2D eigenvalue weighted by molar-refractivity contribution is 0.795. The van der Waals surface area contributed by atoms with Crippen molar-refractivity contribution in [3.8, 4) is 0 Å². The standard InChI is InChI=1S/C12H18ClN3/c1-3-10-8-12(15-9(2)14-10)16(7-6-13)11-4-5-11/h8,11H,3-7H2,1-2H3. The zero-order valence-electron chi connectivity index (χ0n) is 9.91. The minimum Gasteiger partial charge on any atom is -0.352 e. The third-order valence-corrected chi connectivity index (χ3v) is 3.02. The first-order valence-electron chi connectivity index (χ1n) is 5.91. The van der Waals surface area contributed by atoms with Crippen molar-refractivity contribution in [2.75, 3.05) is 17.3 Å². The van der Waals surface area contributed by atoms with E-state index in [0.29, 0.717) is 11.9 Å². The van der Waals surface area contributed by atoms with E-state index in [-0.39, 0.29) is 0 Å². The van der Waals surface area contributed by atoms with E-state index in [4.69, 9.17) is 11.6 Å². The van der Waals surface area contributed by atoms with E-state index in [0.717, 1.165) is 30.3 Å². The number of nitrogens with zero attached hydrogens (tertiary/aromatic N) is 3. The molecule has 0 unspecified atom stereocenters. The first-order valence-corrected chi connectivity index (χ1v) is 6.45. The van der Waals surface area contributed by atoms with Gasteiger partial charge in [-0.15, -0.1) is 11.6 Å². The molecule has 88 valence electrons. The van der Waals surface area contributed by atoms with Crippen LogP contribution >= 0.6 is 11.6 Å². The largest absolute Gasteiger partial charge is 0.352 e. The van der Waals surface area contributed by atoms with Crippen LogP contribution in [0.15, 0.2) is 6.07 Å². The van der Waals surface area contributed by atoms with Crippen molar-refractivity contribution >= 4 is 17.4 Å². The first-order chi connectivity index (χ1) is 7.74. The number of hydrogen-bond acceptors (Lipinski definition) is 3. The van der Waals surface area contributed by atoms with Gasteiger partial charge in [0.2, 0.25) is 0 Å². The predicted octanol–water partition coefficient (Wildman–Crippen LogP) is 2.56. The minimum atomic E-state index is 0.651. The van der Waals surface area contributed by atoms with Crippen molar-refractivity contribution < 1.29 is 0 Å². The smallest absolute Gasteiger partial charge is 0.132 e. The molecule has 4 heteroatoms. The molecule has 0 spiro atoms. The Morgan fingerprint density at radius 3 is 2.75 bits per heavy atom. The van der Waals surface area contributed by atoms with Gasteiger partial charge >= 0.3 is 0 Å². The van der Waals surface area contributed by atoms with E-state index < -0.39 is 0 Å². The topological polar surface area (TPSA) is 29.0 Å². The van der Waals surface area contributed by atoms with Crippen molar-refractivity contribution in [3.63, 3.8) is 0 Å². The number of hydrogen-bond donors (Lipinski definition) is 0. The van der Waals surface area contributed by atoms with E-state index in [1.54, 1.807) is 0 Å². The summed E-state index contributed by atoms with van der Waals surface area (Å²) in [5, 5.41) is 0. The number of aromatic nitrogens is 2. The molecule has 0 amide bonds. The van der Waals surface area contributed by atoms with Gasteiger partial charge in [0.15, 0.2) is 0 Å². The SMILES string of the molecule is CCc1cc(N(CCCl)C2CC2)nc(C)n1. The van der Waals surface area contributed by atoms with E-state index in [9.17, 15) is 0 Å². The third-order valence-electron chi connectivity index (χ3n) is 2.85. The fourth-order valence-electron chi connectivity index (χ4n) is 1.90. The average Bonchev–Trinajstić information content (AvgIpc) is 3.08. The van der Waals surface area contributed by atoms with Gasteiger partial charge in [-0.3, -0.25) is 0 Å². The highest BCUT2D eigenvalue weighted by atomic mass is 35.5. The number of aryl methyl sites for hydroxylation is 2. The highest BCUT2D eigenvalue weighted by molar-refractivity contribution is 6.18. The molecule has 1 fully saturated rings. The monoisotopic (exact) mass is 239 g/mol. The van der Waals surface area contributed by atoms with Gasteiger partial charge in [-0.25, -0.2) is 9.97 Å². The fraction of sp³-hybridized carbons (Fsp3) is 0.667. The van der Waals surface area contributed by atoms with Crippen LogP contribution in [0, 0.1) is 6.92 Å². The molecule has 1 aromatic rings. The third kappa shape index (κ3) is 2.64. The molecule has 0 bridgehead atoms. The quantitative estimate of drug-likeness (QED) is 0.740. The summed E-state index contributed by atoms with van der Waals surface area (Å²) >= 11 is 5.85. The zero-order chi connectivity index (χ0) is 11.5. The number of halogens is 1. The van der Waals surface area contributed by atoms with Crippen molar-refractivity contribution in [3.05, 3.63) is 17.6 Å². The van der Waals surface area contributed by atoms with Gasteiger partial charge < -0.3 is 4.90 Å². The lowest BCUT2D eigenvalue weighted by Crippen LogP contribution is -2.29. The van der Waals surface area contributed by atoms with Gasteiger partial charge in [0.25, 0.3) is 0 Å².